The largest absolute Gasteiger partial charge is 0.256 e. The number of pyridine rings is 3. The predicted molar refractivity (Wildman–Crippen MR) is 312 cm³/mol. The fourth-order valence-electron chi connectivity index (χ4n) is 11.0. The first-order chi connectivity index (χ1) is 37.2. The highest BCUT2D eigenvalue weighted by Crippen LogP contribution is 2.45. The molecule has 0 spiro atoms. The molecule has 0 saturated carbocycles. The molecule has 1 aliphatic rings. The Bertz CT molecular complexity index is 3830. The summed E-state index contributed by atoms with van der Waals surface area (Å²) in [6, 6.07) is 92.4. The van der Waals surface area contributed by atoms with Gasteiger partial charge in [-0.1, -0.05) is 200 Å². The summed E-state index contributed by atoms with van der Waals surface area (Å²) in [6.45, 7) is 0. The zero-order valence-electron chi connectivity index (χ0n) is 41.4. The normalized spacial score (nSPS) is 11.8. The van der Waals surface area contributed by atoms with Gasteiger partial charge in [0.15, 0.2) is 0 Å². The number of aryl methyl sites for hydroxylation is 2. The number of fused-ring (bicyclic) bond motifs is 1. The molecule has 0 unspecified atom stereocenters. The molecule has 9 aromatic carbocycles. The number of aromatic nitrogens is 3. The van der Waals surface area contributed by atoms with Crippen molar-refractivity contribution in [2.45, 2.75) is 19.3 Å². The van der Waals surface area contributed by atoms with Gasteiger partial charge in [0.25, 0.3) is 0 Å². The molecule has 13 rings (SSSR count). The Morgan fingerprint density at radius 1 is 0.213 bits per heavy atom. The van der Waals surface area contributed by atoms with E-state index in [2.05, 4.69) is 247 Å². The lowest BCUT2D eigenvalue weighted by Gasteiger charge is -2.19. The smallest absolute Gasteiger partial charge is 0.0705 e. The van der Waals surface area contributed by atoms with E-state index in [9.17, 15) is 0 Å². The fraction of sp³-hybridized carbons (Fsp3) is 0.0417. The van der Waals surface area contributed by atoms with Gasteiger partial charge in [-0.05, 0) is 174 Å². The summed E-state index contributed by atoms with van der Waals surface area (Å²) >= 11 is 0. The first-order valence-corrected chi connectivity index (χ1v) is 25.9. The van der Waals surface area contributed by atoms with Crippen molar-refractivity contribution in [2.75, 3.05) is 0 Å². The minimum absolute atomic E-state index is 0.959. The van der Waals surface area contributed by atoms with Gasteiger partial charge in [-0.3, -0.25) is 15.0 Å². The van der Waals surface area contributed by atoms with Crippen molar-refractivity contribution >= 4 is 0 Å². The van der Waals surface area contributed by atoms with Crippen molar-refractivity contribution in [1.29, 1.82) is 0 Å². The first-order valence-electron chi connectivity index (χ1n) is 25.9. The highest BCUT2D eigenvalue weighted by Gasteiger charge is 2.20. The van der Waals surface area contributed by atoms with Crippen molar-refractivity contribution in [3.8, 4) is 123 Å². The highest BCUT2D eigenvalue weighted by atomic mass is 14.7. The molecule has 0 saturated heterocycles. The summed E-state index contributed by atoms with van der Waals surface area (Å²) in [7, 11) is 0. The third-order valence-corrected chi connectivity index (χ3v) is 14.8. The lowest BCUT2D eigenvalue weighted by Crippen LogP contribution is -1.94. The van der Waals surface area contributed by atoms with Gasteiger partial charge in [-0.15, -0.1) is 0 Å². The van der Waals surface area contributed by atoms with Crippen LogP contribution in [-0.4, -0.2) is 15.0 Å². The van der Waals surface area contributed by atoms with E-state index in [1.807, 2.05) is 36.7 Å². The minimum atomic E-state index is 0.959. The molecular weight excluding hydrogens is 907 g/mol. The monoisotopic (exact) mass is 957 g/mol. The maximum absolute atomic E-state index is 5.04. The number of benzene rings is 9. The Kier molecular flexibility index (Phi) is 12.2. The average Bonchev–Trinajstić information content (AvgIpc) is 3.99. The van der Waals surface area contributed by atoms with E-state index in [0.29, 0.717) is 0 Å². The lowest BCUT2D eigenvalue weighted by atomic mass is 9.84. The van der Waals surface area contributed by atoms with Crippen LogP contribution in [0.25, 0.3) is 123 Å². The van der Waals surface area contributed by atoms with Crippen LogP contribution in [0.5, 0.6) is 0 Å². The van der Waals surface area contributed by atoms with Gasteiger partial charge in [0.05, 0.1) is 17.1 Å². The minimum Gasteiger partial charge on any atom is -0.256 e. The highest BCUT2D eigenvalue weighted by molar-refractivity contribution is 5.97. The van der Waals surface area contributed by atoms with Crippen molar-refractivity contribution in [1.82, 2.24) is 15.0 Å². The summed E-state index contributed by atoms with van der Waals surface area (Å²) in [5.41, 5.74) is 27.6. The molecule has 3 nitrogen and oxygen atoms in total. The Morgan fingerprint density at radius 3 is 1.12 bits per heavy atom. The molecule has 12 aromatic rings. The molecule has 75 heavy (non-hydrogen) atoms. The van der Waals surface area contributed by atoms with Gasteiger partial charge in [0.1, 0.15) is 0 Å². The zero-order chi connectivity index (χ0) is 49.9. The standard InChI is InChI=1S/C72H51N3/c1-2-15-49(16-3-1)50-27-29-53(30-28-50)69-46-57(72-47-56-17-14-18-58(56)48-75-72)39-40-68(69)67-24-9-8-23-66(67)61-44-59(64-21-6-4-19-62(64)51-31-35-54(36-32-51)70-25-10-12-41-73-70)43-60(45-61)65-22-7-5-20-63(65)52-33-37-55(38-34-52)71-26-11-13-42-74-71/h1-13,15-16,19-48H,14,17-18H2. The Hall–Kier alpha value is -9.57. The van der Waals surface area contributed by atoms with Crippen molar-refractivity contribution in [3.63, 3.8) is 0 Å². The Labute approximate surface area is 439 Å². The van der Waals surface area contributed by atoms with Crippen LogP contribution in [0.3, 0.4) is 0 Å². The second kappa shape index (κ2) is 20.1. The van der Waals surface area contributed by atoms with E-state index in [1.165, 1.54) is 28.7 Å². The van der Waals surface area contributed by atoms with Crippen molar-refractivity contribution in [3.05, 3.63) is 285 Å². The van der Waals surface area contributed by atoms with Crippen LogP contribution in [0.15, 0.2) is 273 Å². The molecule has 1 aliphatic carbocycles. The summed E-state index contributed by atoms with van der Waals surface area (Å²) in [4.78, 5) is 14.3. The molecule has 0 radical (unpaired) electrons. The number of nitrogens with zero attached hydrogens (tertiary/aromatic N) is 3. The summed E-state index contributed by atoms with van der Waals surface area (Å²) < 4.78 is 0. The van der Waals surface area contributed by atoms with Crippen LogP contribution < -0.4 is 0 Å². The zero-order valence-corrected chi connectivity index (χ0v) is 41.4. The molecule has 0 aliphatic heterocycles. The molecule has 3 heterocycles. The average molecular weight is 958 g/mol. The SMILES string of the molecule is c1ccc(-c2ccc(-c3cc(-c4cc5c(cn4)CCC5)ccc3-c3ccccc3-c3cc(-c4ccccc4-c4ccc(-c5ccccn5)cc4)cc(-c4ccccc4-c4ccc(-c5ccccn5)cc4)c3)cc2)cc1. The van der Waals surface area contributed by atoms with E-state index in [4.69, 9.17) is 4.98 Å². The van der Waals surface area contributed by atoms with Crippen LogP contribution >= 0.6 is 0 Å². The van der Waals surface area contributed by atoms with Gasteiger partial charge < -0.3 is 0 Å². The quantitative estimate of drug-likeness (QED) is 0.130. The molecular formula is C72H51N3. The topological polar surface area (TPSA) is 38.7 Å². The molecule has 0 fully saturated rings. The molecule has 3 aromatic heterocycles. The van der Waals surface area contributed by atoms with Crippen LogP contribution in [0.1, 0.15) is 17.5 Å². The summed E-state index contributed by atoms with van der Waals surface area (Å²) in [5.74, 6) is 0. The third kappa shape index (κ3) is 9.18. The van der Waals surface area contributed by atoms with E-state index in [0.717, 1.165) is 125 Å². The van der Waals surface area contributed by atoms with Gasteiger partial charge >= 0.3 is 0 Å². The predicted octanol–water partition coefficient (Wildman–Crippen LogP) is 18.7. The van der Waals surface area contributed by atoms with E-state index in [-0.39, 0.29) is 0 Å². The van der Waals surface area contributed by atoms with E-state index < -0.39 is 0 Å². The van der Waals surface area contributed by atoms with Gasteiger partial charge in [-0.25, -0.2) is 0 Å². The first kappa shape index (κ1) is 45.3. The molecule has 354 valence electrons. The molecule has 0 atom stereocenters. The second-order valence-electron chi connectivity index (χ2n) is 19.4. The fourth-order valence-corrected chi connectivity index (χ4v) is 11.0. The molecule has 3 heteroatoms. The van der Waals surface area contributed by atoms with Gasteiger partial charge in [0, 0.05) is 35.3 Å². The second-order valence-corrected chi connectivity index (χ2v) is 19.4. The summed E-state index contributed by atoms with van der Waals surface area (Å²) in [6.07, 6.45) is 9.21. The molecule has 0 N–H and O–H groups in total. The third-order valence-electron chi connectivity index (χ3n) is 14.8. The summed E-state index contributed by atoms with van der Waals surface area (Å²) in [5, 5.41) is 0. The van der Waals surface area contributed by atoms with Crippen molar-refractivity contribution in [2.24, 2.45) is 0 Å². The van der Waals surface area contributed by atoms with Crippen LogP contribution in [0.2, 0.25) is 0 Å². The maximum Gasteiger partial charge on any atom is 0.0705 e. The van der Waals surface area contributed by atoms with Gasteiger partial charge in [-0.2, -0.15) is 0 Å². The maximum atomic E-state index is 5.04. The van der Waals surface area contributed by atoms with Gasteiger partial charge in [0.2, 0.25) is 0 Å². The van der Waals surface area contributed by atoms with E-state index >= 15 is 0 Å². The lowest BCUT2D eigenvalue weighted by molar-refractivity contribution is 0.911. The number of rotatable bonds is 11. The van der Waals surface area contributed by atoms with Crippen LogP contribution in [0, 0.1) is 0 Å². The van der Waals surface area contributed by atoms with Crippen LogP contribution in [-0.2, 0) is 12.8 Å². The van der Waals surface area contributed by atoms with Crippen molar-refractivity contribution < 1.29 is 0 Å². The molecule has 0 bridgehead atoms. The number of hydrogen-bond acceptors (Lipinski definition) is 3. The van der Waals surface area contributed by atoms with Crippen LogP contribution in [0.4, 0.5) is 0 Å². The Balaban J connectivity index is 0.982. The Morgan fingerprint density at radius 2 is 0.600 bits per heavy atom. The number of hydrogen-bond donors (Lipinski definition) is 0. The molecule has 0 amide bonds. The van der Waals surface area contributed by atoms with E-state index in [1.54, 1.807) is 0 Å².